The largest absolute Gasteiger partial charge is 0.462 e. The Balaban J connectivity index is 3.61. The van der Waals surface area contributed by atoms with Crippen molar-refractivity contribution in [2.45, 2.75) is 225 Å². The Morgan fingerprint density at radius 1 is 0.387 bits per heavy atom. The first-order valence-corrected chi connectivity index (χ1v) is 25.4. The number of esters is 2. The third-order valence-corrected chi connectivity index (χ3v) is 10.6. The number of rotatable bonds is 45. The molecule has 0 fully saturated rings. The Hall–Kier alpha value is -3.44. The molecule has 0 aromatic rings. The second-order valence-electron chi connectivity index (χ2n) is 16.5. The van der Waals surface area contributed by atoms with E-state index in [1.807, 2.05) is 0 Å². The topological polar surface area (TPSA) is 72.8 Å². The number of hydrogen-bond donors (Lipinski definition) is 1. The van der Waals surface area contributed by atoms with Crippen molar-refractivity contribution in [3.05, 3.63) is 109 Å². The third-order valence-electron chi connectivity index (χ3n) is 10.6. The van der Waals surface area contributed by atoms with Gasteiger partial charge in [0.05, 0.1) is 6.61 Å². The quantitative estimate of drug-likeness (QED) is 0.0375. The van der Waals surface area contributed by atoms with Crippen molar-refractivity contribution in [1.82, 2.24) is 0 Å². The molecule has 5 heteroatoms. The van der Waals surface area contributed by atoms with Crippen molar-refractivity contribution in [3.8, 4) is 0 Å². The lowest BCUT2D eigenvalue weighted by atomic mass is 10.1. The number of aliphatic hydroxyl groups is 1. The number of carbonyl (C=O) groups is 2. The van der Waals surface area contributed by atoms with E-state index in [0.717, 1.165) is 103 Å². The van der Waals surface area contributed by atoms with Gasteiger partial charge in [-0.2, -0.15) is 0 Å². The van der Waals surface area contributed by atoms with E-state index in [0.29, 0.717) is 12.8 Å². The highest BCUT2D eigenvalue weighted by atomic mass is 16.6. The number of unbranched alkanes of at least 4 members (excludes halogenated alkanes) is 19. The summed E-state index contributed by atoms with van der Waals surface area (Å²) in [5.74, 6) is -0.620. The summed E-state index contributed by atoms with van der Waals surface area (Å²) in [6, 6.07) is 0. The van der Waals surface area contributed by atoms with Gasteiger partial charge in [0.15, 0.2) is 6.10 Å². The molecule has 1 unspecified atom stereocenters. The molecule has 0 amide bonds. The van der Waals surface area contributed by atoms with Crippen molar-refractivity contribution in [1.29, 1.82) is 0 Å². The van der Waals surface area contributed by atoms with Gasteiger partial charge in [-0.3, -0.25) is 9.59 Å². The second kappa shape index (κ2) is 51.9. The zero-order valence-corrected chi connectivity index (χ0v) is 40.1. The van der Waals surface area contributed by atoms with Gasteiger partial charge in [0.1, 0.15) is 6.61 Å². The minimum absolute atomic E-state index is 0.0826. The number of hydrogen-bond acceptors (Lipinski definition) is 5. The summed E-state index contributed by atoms with van der Waals surface area (Å²) in [5, 5.41) is 9.63. The molecule has 0 saturated heterocycles. The van der Waals surface area contributed by atoms with Crippen LogP contribution in [0.2, 0.25) is 0 Å². The molecule has 62 heavy (non-hydrogen) atoms. The number of ether oxygens (including phenoxy) is 2. The average molecular weight is 859 g/mol. The molecule has 352 valence electrons. The number of carbonyl (C=O) groups excluding carboxylic acids is 2. The molecule has 0 aliphatic carbocycles. The second-order valence-corrected chi connectivity index (χ2v) is 16.5. The first kappa shape index (κ1) is 58.6. The van der Waals surface area contributed by atoms with Crippen molar-refractivity contribution >= 4 is 11.9 Å². The first-order chi connectivity index (χ1) is 30.6. The van der Waals surface area contributed by atoms with Gasteiger partial charge in [0.25, 0.3) is 0 Å². The molecular weight excluding hydrogens is 765 g/mol. The van der Waals surface area contributed by atoms with Crippen molar-refractivity contribution < 1.29 is 24.2 Å². The fraction of sp³-hybridized carbons (Fsp3) is 0.649. The number of aliphatic hydroxyl groups excluding tert-OH is 1. The van der Waals surface area contributed by atoms with E-state index in [1.54, 1.807) is 0 Å². The molecule has 0 radical (unpaired) electrons. The number of allylic oxidation sites excluding steroid dienone is 18. The molecule has 5 nitrogen and oxygen atoms in total. The molecule has 0 rings (SSSR count). The lowest BCUT2D eigenvalue weighted by Gasteiger charge is -2.15. The smallest absolute Gasteiger partial charge is 0.306 e. The van der Waals surface area contributed by atoms with Crippen molar-refractivity contribution in [2.24, 2.45) is 0 Å². The minimum Gasteiger partial charge on any atom is -0.462 e. The van der Waals surface area contributed by atoms with Gasteiger partial charge < -0.3 is 14.6 Å². The molecular formula is C57H94O5. The van der Waals surface area contributed by atoms with Crippen LogP contribution >= 0.6 is 0 Å². The van der Waals surface area contributed by atoms with Crippen LogP contribution in [-0.2, 0) is 19.1 Å². The monoisotopic (exact) mass is 859 g/mol. The molecule has 0 spiro atoms. The predicted molar refractivity (Wildman–Crippen MR) is 269 cm³/mol. The highest BCUT2D eigenvalue weighted by molar-refractivity contribution is 5.70. The summed E-state index contributed by atoms with van der Waals surface area (Å²) >= 11 is 0. The standard InChI is InChI=1S/C57H94O5/c1-3-5-7-9-11-13-15-17-19-21-23-25-26-27-28-29-30-32-34-36-38-40-42-44-46-48-50-52-57(60)62-55(53-58)54-61-56(59)51-49-47-45-43-41-39-37-35-33-31-24-22-20-18-16-14-12-10-8-6-4-2/h5,7,11,13,16-19,22-25,27-28,30,32-33,35,55,58H,3-4,6,8-10,12,14-15,20-21,26,29,31,34,36-54H2,1-2H3/b7-5-,13-11-,18-16-,19-17-,24-22-,25-23-,28-27-,32-30-,35-33-. The molecule has 0 aromatic carbocycles. The maximum Gasteiger partial charge on any atom is 0.306 e. The van der Waals surface area contributed by atoms with Crippen LogP contribution in [0, 0.1) is 0 Å². The van der Waals surface area contributed by atoms with Crippen LogP contribution in [0.15, 0.2) is 109 Å². The fourth-order valence-corrected chi connectivity index (χ4v) is 6.74. The highest BCUT2D eigenvalue weighted by Gasteiger charge is 2.16. The summed E-state index contributed by atoms with van der Waals surface area (Å²) < 4.78 is 10.7. The highest BCUT2D eigenvalue weighted by Crippen LogP contribution is 2.13. The third kappa shape index (κ3) is 49.2. The predicted octanol–water partition coefficient (Wildman–Crippen LogP) is 17.0. The van der Waals surface area contributed by atoms with Crippen LogP contribution in [0.1, 0.15) is 219 Å². The van der Waals surface area contributed by atoms with Crippen LogP contribution in [0.3, 0.4) is 0 Å². The summed E-state index contributed by atoms with van der Waals surface area (Å²) in [6.07, 6.45) is 74.5. The summed E-state index contributed by atoms with van der Waals surface area (Å²) in [7, 11) is 0. The van der Waals surface area contributed by atoms with Crippen LogP contribution in [0.25, 0.3) is 0 Å². The van der Waals surface area contributed by atoms with E-state index in [9.17, 15) is 14.7 Å². The maximum atomic E-state index is 12.3. The van der Waals surface area contributed by atoms with Gasteiger partial charge in [-0.05, 0) is 103 Å². The SMILES string of the molecule is CC/C=C\C/C=C\C/C=C\C/C=C\C/C=C\C/C=C\CCCCCCCCCCC(=O)OC(CO)COC(=O)CCCCCCCC/C=C\C/C=C\C/C=C\CCCCCCC. The summed E-state index contributed by atoms with van der Waals surface area (Å²) in [6.45, 7) is 3.99. The average Bonchev–Trinajstić information content (AvgIpc) is 3.28. The van der Waals surface area contributed by atoms with Gasteiger partial charge in [0.2, 0.25) is 0 Å². The zero-order valence-electron chi connectivity index (χ0n) is 40.1. The molecule has 0 aromatic heterocycles. The van der Waals surface area contributed by atoms with E-state index < -0.39 is 6.10 Å². The lowest BCUT2D eigenvalue weighted by Crippen LogP contribution is -2.28. The van der Waals surface area contributed by atoms with Crippen LogP contribution in [0.5, 0.6) is 0 Å². The van der Waals surface area contributed by atoms with E-state index in [4.69, 9.17) is 9.47 Å². The minimum atomic E-state index is -0.790. The molecule has 1 atom stereocenters. The molecule has 0 bridgehead atoms. The van der Waals surface area contributed by atoms with Crippen molar-refractivity contribution in [3.63, 3.8) is 0 Å². The van der Waals surface area contributed by atoms with E-state index in [2.05, 4.69) is 123 Å². The lowest BCUT2D eigenvalue weighted by molar-refractivity contribution is -0.161. The molecule has 0 aliphatic heterocycles. The fourth-order valence-electron chi connectivity index (χ4n) is 6.74. The normalized spacial score (nSPS) is 13.1. The Kier molecular flexibility index (Phi) is 49.0. The molecule has 0 aliphatic rings. The Morgan fingerprint density at radius 2 is 0.694 bits per heavy atom. The molecule has 0 saturated carbocycles. The maximum absolute atomic E-state index is 12.3. The summed E-state index contributed by atoms with van der Waals surface area (Å²) in [5.41, 5.74) is 0. The first-order valence-electron chi connectivity index (χ1n) is 25.4. The van der Waals surface area contributed by atoms with E-state index in [1.165, 1.54) is 89.9 Å². The van der Waals surface area contributed by atoms with Crippen LogP contribution < -0.4 is 0 Å². The van der Waals surface area contributed by atoms with Crippen LogP contribution in [-0.4, -0.2) is 36.4 Å². The molecule has 1 N–H and O–H groups in total. The van der Waals surface area contributed by atoms with Gasteiger partial charge >= 0.3 is 11.9 Å². The van der Waals surface area contributed by atoms with Crippen LogP contribution in [0.4, 0.5) is 0 Å². The molecule has 0 heterocycles. The Bertz CT molecular complexity index is 1250. The van der Waals surface area contributed by atoms with Gasteiger partial charge in [-0.15, -0.1) is 0 Å². The zero-order chi connectivity index (χ0) is 44.9. The van der Waals surface area contributed by atoms with Gasteiger partial charge in [0, 0.05) is 12.8 Å². The Labute approximate surface area is 382 Å². The van der Waals surface area contributed by atoms with E-state index >= 15 is 0 Å². The van der Waals surface area contributed by atoms with E-state index in [-0.39, 0.29) is 25.2 Å². The van der Waals surface area contributed by atoms with Gasteiger partial charge in [-0.25, -0.2) is 0 Å². The Morgan fingerprint density at radius 3 is 1.05 bits per heavy atom. The summed E-state index contributed by atoms with van der Waals surface area (Å²) in [4.78, 5) is 24.5. The van der Waals surface area contributed by atoms with Crippen molar-refractivity contribution in [2.75, 3.05) is 13.2 Å². The van der Waals surface area contributed by atoms with Gasteiger partial charge in [-0.1, -0.05) is 213 Å².